The van der Waals surface area contributed by atoms with Gasteiger partial charge in [-0.05, 0) is 36.3 Å². The van der Waals surface area contributed by atoms with Crippen molar-refractivity contribution in [3.05, 3.63) is 57.8 Å². The Morgan fingerprint density at radius 1 is 1.29 bits per heavy atom. The number of rotatable bonds is 6. The molecule has 2 atom stereocenters. The molecule has 1 heterocycles. The van der Waals surface area contributed by atoms with E-state index >= 15 is 0 Å². The Morgan fingerprint density at radius 3 is 2.62 bits per heavy atom. The average molecular weight is 302 g/mol. The van der Waals surface area contributed by atoms with Gasteiger partial charge < -0.3 is 11.1 Å². The van der Waals surface area contributed by atoms with Crippen molar-refractivity contribution in [1.29, 1.82) is 0 Å². The van der Waals surface area contributed by atoms with E-state index in [9.17, 15) is 4.79 Å². The van der Waals surface area contributed by atoms with Gasteiger partial charge in [-0.3, -0.25) is 4.79 Å². The Labute approximate surface area is 130 Å². The van der Waals surface area contributed by atoms with E-state index in [1.165, 1.54) is 4.88 Å². The summed E-state index contributed by atoms with van der Waals surface area (Å²) in [6.45, 7) is 4.80. The van der Waals surface area contributed by atoms with Crippen molar-refractivity contribution < 1.29 is 4.79 Å². The number of thiophene rings is 1. The molecule has 0 aliphatic heterocycles. The molecule has 4 heteroatoms. The summed E-state index contributed by atoms with van der Waals surface area (Å²) in [7, 11) is 0. The van der Waals surface area contributed by atoms with Crippen LogP contribution in [-0.2, 0) is 11.2 Å². The molecule has 0 radical (unpaired) electrons. The zero-order valence-electron chi connectivity index (χ0n) is 12.5. The largest absolute Gasteiger partial charge is 0.354 e. The second-order valence-corrected chi connectivity index (χ2v) is 6.55. The molecule has 21 heavy (non-hydrogen) atoms. The quantitative estimate of drug-likeness (QED) is 0.861. The summed E-state index contributed by atoms with van der Waals surface area (Å²) in [5, 5.41) is 5.03. The minimum atomic E-state index is -0.598. The van der Waals surface area contributed by atoms with Crippen LogP contribution in [0, 0.1) is 12.8 Å². The van der Waals surface area contributed by atoms with Crippen LogP contribution in [0.4, 0.5) is 0 Å². The molecule has 0 aliphatic rings. The van der Waals surface area contributed by atoms with E-state index in [0.717, 1.165) is 17.5 Å². The number of benzene rings is 1. The summed E-state index contributed by atoms with van der Waals surface area (Å²) in [6.07, 6.45) is 0.984. The first kappa shape index (κ1) is 15.7. The molecule has 3 nitrogen and oxygen atoms in total. The predicted octanol–water partition coefficient (Wildman–Crippen LogP) is 3.05. The van der Waals surface area contributed by atoms with Crippen molar-refractivity contribution in [2.24, 2.45) is 11.7 Å². The lowest BCUT2D eigenvalue weighted by Gasteiger charge is -2.16. The molecule has 0 saturated heterocycles. The van der Waals surface area contributed by atoms with Crippen LogP contribution in [0.25, 0.3) is 0 Å². The zero-order chi connectivity index (χ0) is 15.2. The lowest BCUT2D eigenvalue weighted by molar-refractivity contribution is -0.122. The summed E-state index contributed by atoms with van der Waals surface area (Å²) >= 11 is 1.75. The first-order valence-electron chi connectivity index (χ1n) is 7.18. The number of nitrogens with one attached hydrogen (secondary N) is 1. The van der Waals surface area contributed by atoms with Gasteiger partial charge >= 0.3 is 0 Å². The van der Waals surface area contributed by atoms with Crippen LogP contribution in [0.2, 0.25) is 0 Å². The van der Waals surface area contributed by atoms with E-state index in [1.807, 2.05) is 31.2 Å². The number of aryl methyl sites for hydroxylation is 1. The predicted molar refractivity (Wildman–Crippen MR) is 88.3 cm³/mol. The van der Waals surface area contributed by atoms with Gasteiger partial charge in [0.25, 0.3) is 0 Å². The maximum atomic E-state index is 12.1. The third-order valence-corrected chi connectivity index (χ3v) is 4.37. The van der Waals surface area contributed by atoms with Gasteiger partial charge in [0.05, 0.1) is 0 Å². The second-order valence-electron chi connectivity index (χ2n) is 5.52. The molecule has 2 unspecified atom stereocenters. The molecule has 112 valence electrons. The average Bonchev–Trinajstić information content (AvgIpc) is 2.97. The first-order valence-corrected chi connectivity index (χ1v) is 8.06. The van der Waals surface area contributed by atoms with Crippen LogP contribution in [-0.4, -0.2) is 12.5 Å². The fourth-order valence-electron chi connectivity index (χ4n) is 2.15. The van der Waals surface area contributed by atoms with Gasteiger partial charge in [0.15, 0.2) is 0 Å². The molecular formula is C17H22N2OS. The van der Waals surface area contributed by atoms with Crippen molar-refractivity contribution in [2.75, 3.05) is 6.54 Å². The molecular weight excluding hydrogens is 280 g/mol. The summed E-state index contributed by atoms with van der Waals surface area (Å²) < 4.78 is 0. The third kappa shape index (κ3) is 4.69. The maximum absolute atomic E-state index is 12.1. The lowest BCUT2D eigenvalue weighted by Crippen LogP contribution is -2.36. The molecule has 1 aromatic heterocycles. The summed E-state index contributed by atoms with van der Waals surface area (Å²) in [6, 6.07) is 11.4. The van der Waals surface area contributed by atoms with Crippen LogP contribution < -0.4 is 11.1 Å². The second kappa shape index (κ2) is 7.38. The zero-order valence-corrected chi connectivity index (χ0v) is 13.3. The highest BCUT2D eigenvalue weighted by molar-refractivity contribution is 7.09. The van der Waals surface area contributed by atoms with Gasteiger partial charge in [0, 0.05) is 11.4 Å². The topological polar surface area (TPSA) is 55.1 Å². The van der Waals surface area contributed by atoms with Crippen LogP contribution >= 0.6 is 11.3 Å². The highest BCUT2D eigenvalue weighted by Gasteiger charge is 2.16. The molecule has 3 N–H and O–H groups in total. The first-order chi connectivity index (χ1) is 10.1. The minimum Gasteiger partial charge on any atom is -0.354 e. The number of carbonyl (C=O) groups is 1. The highest BCUT2D eigenvalue weighted by Crippen LogP contribution is 2.15. The minimum absolute atomic E-state index is 0.114. The molecule has 0 saturated carbocycles. The molecule has 2 aromatic rings. The lowest BCUT2D eigenvalue weighted by atomic mass is 10.0. The number of hydrogen-bond acceptors (Lipinski definition) is 3. The Balaban J connectivity index is 1.82. The number of hydrogen-bond donors (Lipinski definition) is 2. The monoisotopic (exact) mass is 302 g/mol. The summed E-state index contributed by atoms with van der Waals surface area (Å²) in [5.41, 5.74) is 8.01. The normalized spacial score (nSPS) is 13.7. The molecule has 0 spiro atoms. The SMILES string of the molecule is Cc1ccc(C(N)C(=O)NCC(C)Cc2cccs2)cc1. The smallest absolute Gasteiger partial charge is 0.241 e. The van der Waals surface area contributed by atoms with Gasteiger partial charge in [-0.2, -0.15) is 0 Å². The van der Waals surface area contributed by atoms with Crippen molar-refractivity contribution in [1.82, 2.24) is 5.32 Å². The van der Waals surface area contributed by atoms with Gasteiger partial charge in [0.1, 0.15) is 6.04 Å². The van der Waals surface area contributed by atoms with Crippen LogP contribution in [0.3, 0.4) is 0 Å². The molecule has 0 fully saturated rings. The van der Waals surface area contributed by atoms with E-state index in [4.69, 9.17) is 5.73 Å². The van der Waals surface area contributed by atoms with E-state index in [1.54, 1.807) is 11.3 Å². The van der Waals surface area contributed by atoms with E-state index < -0.39 is 6.04 Å². The van der Waals surface area contributed by atoms with Crippen LogP contribution in [0.15, 0.2) is 41.8 Å². The van der Waals surface area contributed by atoms with Crippen molar-refractivity contribution in [2.45, 2.75) is 26.3 Å². The highest BCUT2D eigenvalue weighted by atomic mass is 32.1. The molecule has 2 rings (SSSR count). The van der Waals surface area contributed by atoms with Crippen molar-refractivity contribution in [3.8, 4) is 0 Å². The fourth-order valence-corrected chi connectivity index (χ4v) is 3.02. The fraction of sp³-hybridized carbons (Fsp3) is 0.353. The number of nitrogens with two attached hydrogens (primary N) is 1. The van der Waals surface area contributed by atoms with Gasteiger partial charge in [-0.25, -0.2) is 0 Å². The van der Waals surface area contributed by atoms with Gasteiger partial charge in [-0.15, -0.1) is 11.3 Å². The summed E-state index contributed by atoms with van der Waals surface area (Å²) in [5.74, 6) is 0.287. The third-order valence-electron chi connectivity index (χ3n) is 3.47. The number of carbonyl (C=O) groups excluding carboxylic acids is 1. The molecule has 1 aromatic carbocycles. The summed E-state index contributed by atoms with van der Waals surface area (Å²) in [4.78, 5) is 13.4. The standard InChI is InChI=1S/C17H22N2OS/c1-12-5-7-14(8-6-12)16(18)17(20)19-11-13(2)10-15-4-3-9-21-15/h3-9,13,16H,10-11,18H2,1-2H3,(H,19,20). The Bertz CT molecular complexity index is 563. The molecule has 1 amide bonds. The van der Waals surface area contributed by atoms with Crippen molar-refractivity contribution in [3.63, 3.8) is 0 Å². The van der Waals surface area contributed by atoms with E-state index in [2.05, 4.69) is 29.8 Å². The Kier molecular flexibility index (Phi) is 5.53. The molecule has 0 bridgehead atoms. The van der Waals surface area contributed by atoms with Crippen LogP contribution in [0.1, 0.15) is 29.0 Å². The molecule has 0 aliphatic carbocycles. The Morgan fingerprint density at radius 2 is 2.00 bits per heavy atom. The van der Waals surface area contributed by atoms with Gasteiger partial charge in [0.2, 0.25) is 5.91 Å². The maximum Gasteiger partial charge on any atom is 0.241 e. The van der Waals surface area contributed by atoms with E-state index in [-0.39, 0.29) is 5.91 Å². The Hall–Kier alpha value is -1.65. The van der Waals surface area contributed by atoms with Crippen LogP contribution in [0.5, 0.6) is 0 Å². The number of amides is 1. The van der Waals surface area contributed by atoms with Crippen molar-refractivity contribution >= 4 is 17.2 Å². The van der Waals surface area contributed by atoms with Gasteiger partial charge in [-0.1, -0.05) is 42.8 Å². The van der Waals surface area contributed by atoms with E-state index in [0.29, 0.717) is 12.5 Å².